The largest absolute Gasteiger partial charge is 0.267 e. The number of thioether (sulfide) groups is 1. The van der Waals surface area contributed by atoms with E-state index in [-0.39, 0.29) is 0 Å². The predicted molar refractivity (Wildman–Crippen MR) is 47.5 cm³/mol. The summed E-state index contributed by atoms with van der Waals surface area (Å²) in [7, 11) is 0. The lowest BCUT2D eigenvalue weighted by Gasteiger charge is -1.99. The van der Waals surface area contributed by atoms with Gasteiger partial charge >= 0.3 is 0 Å². The molecule has 0 aromatic carbocycles. The average molecular weight is 208 g/mol. The molecule has 1 aliphatic heterocycles. The molecule has 1 unspecified atom stereocenters. The Morgan fingerprint density at radius 2 is 2.67 bits per heavy atom. The van der Waals surface area contributed by atoms with Gasteiger partial charge in [-0.15, -0.1) is 0 Å². The lowest BCUT2D eigenvalue weighted by molar-refractivity contribution is 0.671. The molecule has 0 fully saturated rings. The van der Waals surface area contributed by atoms with Gasteiger partial charge in [-0.1, -0.05) is 25.1 Å². The van der Waals surface area contributed by atoms with Crippen LogP contribution in [0.5, 0.6) is 0 Å². The van der Waals surface area contributed by atoms with E-state index in [4.69, 9.17) is 0 Å². The van der Waals surface area contributed by atoms with Gasteiger partial charge in [0.15, 0.2) is 0 Å². The Bertz CT molecular complexity index is 124. The van der Waals surface area contributed by atoms with Gasteiger partial charge in [-0.3, -0.25) is 4.99 Å². The molecule has 0 aliphatic carbocycles. The molecule has 0 aromatic heterocycles. The Hall–Kier alpha value is 0.500. The first-order valence-corrected chi connectivity index (χ1v) is 4.97. The van der Waals surface area contributed by atoms with E-state index in [1.165, 1.54) is 18.6 Å². The minimum Gasteiger partial charge on any atom is -0.267 e. The Labute approximate surface area is 68.4 Å². The highest BCUT2D eigenvalue weighted by molar-refractivity contribution is 9.22. The second-order valence-electron chi connectivity index (χ2n) is 2.14. The molecule has 0 saturated heterocycles. The highest BCUT2D eigenvalue weighted by Crippen LogP contribution is 2.23. The van der Waals surface area contributed by atoms with Crippen molar-refractivity contribution in [2.75, 3.05) is 5.75 Å². The zero-order valence-electron chi connectivity index (χ0n) is 5.43. The Morgan fingerprint density at radius 3 is 3.11 bits per heavy atom. The summed E-state index contributed by atoms with van der Waals surface area (Å²) < 4.78 is 1.08. The third kappa shape index (κ3) is 2.30. The molecular formula is C6H10BrNS. The molecule has 1 nitrogen and oxygen atoms in total. The van der Waals surface area contributed by atoms with Crippen LogP contribution >= 0.6 is 27.7 Å². The Morgan fingerprint density at radius 1 is 1.89 bits per heavy atom. The fourth-order valence-corrected chi connectivity index (χ4v) is 2.34. The van der Waals surface area contributed by atoms with Gasteiger partial charge in [-0.2, -0.15) is 0 Å². The molecule has 0 bridgehead atoms. The fraction of sp³-hybridized carbons (Fsp3) is 0.833. The van der Waals surface area contributed by atoms with Crippen LogP contribution in [0.3, 0.4) is 0 Å². The van der Waals surface area contributed by atoms with Crippen molar-refractivity contribution in [1.82, 2.24) is 0 Å². The van der Waals surface area contributed by atoms with Crippen molar-refractivity contribution in [3.8, 4) is 0 Å². The van der Waals surface area contributed by atoms with Crippen molar-refractivity contribution in [1.29, 1.82) is 0 Å². The van der Waals surface area contributed by atoms with Gasteiger partial charge in [-0.05, 0) is 22.4 Å². The molecule has 1 heterocycles. The second kappa shape index (κ2) is 3.62. The van der Waals surface area contributed by atoms with Crippen molar-refractivity contribution >= 4 is 31.6 Å². The van der Waals surface area contributed by atoms with Crippen LogP contribution in [0, 0.1) is 0 Å². The van der Waals surface area contributed by atoms with E-state index in [0.29, 0.717) is 6.04 Å². The van der Waals surface area contributed by atoms with Crippen LogP contribution in [0.1, 0.15) is 19.8 Å². The Kier molecular flexibility index (Phi) is 3.06. The summed E-state index contributed by atoms with van der Waals surface area (Å²) in [4.78, 5) is 4.37. The quantitative estimate of drug-likeness (QED) is 0.679. The predicted octanol–water partition coefficient (Wildman–Crippen LogP) is 2.65. The maximum absolute atomic E-state index is 4.37. The molecule has 0 aromatic rings. The first kappa shape index (κ1) is 7.61. The second-order valence-corrected chi connectivity index (χ2v) is 4.42. The van der Waals surface area contributed by atoms with Crippen molar-refractivity contribution in [3.05, 3.63) is 0 Å². The zero-order chi connectivity index (χ0) is 6.69. The first-order valence-electron chi connectivity index (χ1n) is 3.19. The summed E-state index contributed by atoms with van der Waals surface area (Å²) in [6.07, 6.45) is 2.48. The number of hydrogen-bond acceptors (Lipinski definition) is 2. The van der Waals surface area contributed by atoms with E-state index < -0.39 is 0 Å². The molecule has 0 amide bonds. The third-order valence-electron chi connectivity index (χ3n) is 1.30. The molecule has 3 heteroatoms. The highest BCUT2D eigenvalue weighted by Gasteiger charge is 2.14. The van der Waals surface area contributed by atoms with Gasteiger partial charge in [0.25, 0.3) is 0 Å². The van der Waals surface area contributed by atoms with Crippen molar-refractivity contribution in [2.45, 2.75) is 25.8 Å². The molecule has 1 aliphatic rings. The Balaban J connectivity index is 2.29. The van der Waals surface area contributed by atoms with Crippen molar-refractivity contribution < 1.29 is 0 Å². The van der Waals surface area contributed by atoms with Crippen LogP contribution in [0.15, 0.2) is 4.99 Å². The minimum absolute atomic E-state index is 0.592. The summed E-state index contributed by atoms with van der Waals surface area (Å²) in [5.41, 5.74) is 0. The van der Waals surface area contributed by atoms with Gasteiger partial charge in [0.1, 0.15) is 3.95 Å². The van der Waals surface area contributed by atoms with Crippen LogP contribution in [-0.4, -0.2) is 15.7 Å². The summed E-state index contributed by atoms with van der Waals surface area (Å²) in [5, 5.41) is 0. The average Bonchev–Trinajstić information content (AvgIpc) is 2.17. The molecule has 0 N–H and O–H groups in total. The van der Waals surface area contributed by atoms with E-state index in [1.807, 2.05) is 11.8 Å². The van der Waals surface area contributed by atoms with E-state index in [9.17, 15) is 0 Å². The highest BCUT2D eigenvalue weighted by atomic mass is 79.9. The number of aliphatic imine (C=N–C) groups is 1. The summed E-state index contributed by atoms with van der Waals surface area (Å²) in [5.74, 6) is 1.18. The standard InChI is InChI=1S/C6H10BrNS/c1-2-3-5-4-9-6(7)8-5/h5H,2-4H2,1H3. The summed E-state index contributed by atoms with van der Waals surface area (Å²) >= 11 is 5.17. The molecule has 1 atom stereocenters. The number of rotatable bonds is 2. The van der Waals surface area contributed by atoms with Crippen molar-refractivity contribution in [3.63, 3.8) is 0 Å². The third-order valence-corrected chi connectivity index (χ3v) is 3.09. The molecular weight excluding hydrogens is 198 g/mol. The number of nitrogens with zero attached hydrogens (tertiary/aromatic N) is 1. The topological polar surface area (TPSA) is 12.4 Å². The molecule has 0 radical (unpaired) electrons. The van der Waals surface area contributed by atoms with Crippen LogP contribution in [0.2, 0.25) is 0 Å². The van der Waals surface area contributed by atoms with Crippen LogP contribution < -0.4 is 0 Å². The van der Waals surface area contributed by atoms with Gasteiger partial charge in [0.05, 0.1) is 6.04 Å². The fourth-order valence-electron chi connectivity index (χ4n) is 0.864. The van der Waals surface area contributed by atoms with Gasteiger partial charge in [-0.25, -0.2) is 0 Å². The van der Waals surface area contributed by atoms with E-state index >= 15 is 0 Å². The SMILES string of the molecule is CCCC1CSC(Br)=N1. The zero-order valence-corrected chi connectivity index (χ0v) is 7.83. The maximum atomic E-state index is 4.37. The molecule has 52 valence electrons. The summed E-state index contributed by atoms with van der Waals surface area (Å²) in [6, 6.07) is 0.592. The lowest BCUT2D eigenvalue weighted by atomic mass is 10.2. The van der Waals surface area contributed by atoms with Crippen LogP contribution in [0.4, 0.5) is 0 Å². The van der Waals surface area contributed by atoms with Gasteiger partial charge in [0, 0.05) is 5.75 Å². The monoisotopic (exact) mass is 207 g/mol. The smallest absolute Gasteiger partial charge is 0.134 e. The minimum atomic E-state index is 0.592. The normalized spacial score (nSPS) is 26.4. The lowest BCUT2D eigenvalue weighted by Crippen LogP contribution is -2.01. The molecule has 0 spiro atoms. The van der Waals surface area contributed by atoms with Gasteiger partial charge < -0.3 is 0 Å². The number of halogens is 1. The van der Waals surface area contributed by atoms with Crippen LogP contribution in [-0.2, 0) is 0 Å². The summed E-state index contributed by atoms with van der Waals surface area (Å²) in [6.45, 7) is 2.20. The van der Waals surface area contributed by atoms with E-state index in [0.717, 1.165) is 3.95 Å². The van der Waals surface area contributed by atoms with Crippen LogP contribution in [0.25, 0.3) is 0 Å². The van der Waals surface area contributed by atoms with E-state index in [1.54, 1.807) is 0 Å². The maximum Gasteiger partial charge on any atom is 0.134 e. The molecule has 1 rings (SSSR count). The number of hydrogen-bond donors (Lipinski definition) is 0. The van der Waals surface area contributed by atoms with Crippen molar-refractivity contribution in [2.24, 2.45) is 4.99 Å². The van der Waals surface area contributed by atoms with Gasteiger partial charge in [0.2, 0.25) is 0 Å². The molecule has 9 heavy (non-hydrogen) atoms. The van der Waals surface area contributed by atoms with E-state index in [2.05, 4.69) is 27.8 Å². The first-order chi connectivity index (χ1) is 4.33. The molecule has 0 saturated carbocycles.